The molecule has 0 fully saturated rings. The number of nitrogens with zero attached hydrogens (tertiary/aromatic N) is 2. The molecule has 1 N–H and O–H groups in total. The van der Waals surface area contributed by atoms with Crippen molar-refractivity contribution in [3.63, 3.8) is 0 Å². The lowest BCUT2D eigenvalue weighted by Gasteiger charge is -2.13. The summed E-state index contributed by atoms with van der Waals surface area (Å²) < 4.78 is 5.68. The molecule has 162 valence electrons. The van der Waals surface area contributed by atoms with Gasteiger partial charge in [0.15, 0.2) is 0 Å². The van der Waals surface area contributed by atoms with Crippen LogP contribution in [-0.4, -0.2) is 11.1 Å². The summed E-state index contributed by atoms with van der Waals surface area (Å²) in [5.74, 6) is 0.200. The first-order valence-corrected chi connectivity index (χ1v) is 10.9. The van der Waals surface area contributed by atoms with Crippen molar-refractivity contribution in [2.75, 3.05) is 0 Å². The van der Waals surface area contributed by atoms with Gasteiger partial charge in [0.05, 0.1) is 16.9 Å². The summed E-state index contributed by atoms with van der Waals surface area (Å²) in [7, 11) is 0. The number of ether oxygens (including phenoxy) is 1. The van der Waals surface area contributed by atoms with Gasteiger partial charge in [-0.05, 0) is 86.9 Å². The Labute approximate surface area is 194 Å². The van der Waals surface area contributed by atoms with Crippen LogP contribution < -0.4 is 4.74 Å². The number of esters is 1. The van der Waals surface area contributed by atoms with E-state index >= 15 is 0 Å². The molecule has 5 nitrogen and oxygen atoms in total. The van der Waals surface area contributed by atoms with Gasteiger partial charge in [0.2, 0.25) is 0 Å². The highest BCUT2D eigenvalue weighted by molar-refractivity contribution is 6.26. The number of carbonyl (C=O) groups is 1. The average molecular weight is 442 g/mol. The van der Waals surface area contributed by atoms with Gasteiger partial charge in [-0.15, -0.1) is 0 Å². The Hall–Kier alpha value is -4.77. The highest BCUT2D eigenvalue weighted by Gasteiger charge is 2.16. The monoisotopic (exact) mass is 442 g/mol. The molecule has 0 radical (unpaired) electrons. The van der Waals surface area contributed by atoms with E-state index in [-0.39, 0.29) is 5.75 Å². The summed E-state index contributed by atoms with van der Waals surface area (Å²) in [6.07, 6.45) is 0. The molecule has 5 heteroatoms. The zero-order valence-corrected chi connectivity index (χ0v) is 18.0. The number of hydrogen-bond donors (Lipinski definition) is 1. The van der Waals surface area contributed by atoms with Crippen molar-refractivity contribution in [3.05, 3.63) is 109 Å². The van der Waals surface area contributed by atoms with Gasteiger partial charge < -0.3 is 9.84 Å². The maximum absolute atomic E-state index is 13.1. The van der Waals surface area contributed by atoms with Crippen LogP contribution in [0.2, 0.25) is 0 Å². The van der Waals surface area contributed by atoms with E-state index in [4.69, 9.17) is 4.74 Å². The van der Waals surface area contributed by atoms with E-state index in [2.05, 4.69) is 40.6 Å². The molecule has 0 atom stereocenters. The lowest BCUT2D eigenvalue weighted by Crippen LogP contribution is -2.09. The van der Waals surface area contributed by atoms with Crippen LogP contribution in [0.5, 0.6) is 11.5 Å². The van der Waals surface area contributed by atoms with Gasteiger partial charge >= 0.3 is 5.97 Å². The number of carbonyl (C=O) groups excluding carboxylic acids is 1. The second-order valence-corrected chi connectivity index (χ2v) is 8.07. The van der Waals surface area contributed by atoms with Crippen molar-refractivity contribution in [2.45, 2.75) is 0 Å². The van der Waals surface area contributed by atoms with Crippen LogP contribution in [0.4, 0.5) is 11.4 Å². The topological polar surface area (TPSA) is 71.2 Å². The molecule has 0 bridgehead atoms. The number of phenolic OH excluding ortho intramolecular Hbond substituents is 1. The molecule has 34 heavy (non-hydrogen) atoms. The molecule has 6 rings (SSSR count). The van der Waals surface area contributed by atoms with Gasteiger partial charge in [-0.1, -0.05) is 48.5 Å². The normalized spacial score (nSPS) is 11.6. The number of aromatic hydroxyl groups is 1. The highest BCUT2D eigenvalue weighted by Crippen LogP contribution is 2.36. The van der Waals surface area contributed by atoms with Crippen molar-refractivity contribution in [1.82, 2.24) is 0 Å². The van der Waals surface area contributed by atoms with Gasteiger partial charge in [-0.3, -0.25) is 0 Å². The maximum atomic E-state index is 13.1. The largest absolute Gasteiger partial charge is 0.508 e. The Balaban J connectivity index is 1.28. The Morgan fingerprint density at radius 1 is 0.618 bits per heavy atom. The van der Waals surface area contributed by atoms with Crippen molar-refractivity contribution >= 4 is 49.7 Å². The third-order valence-corrected chi connectivity index (χ3v) is 5.93. The van der Waals surface area contributed by atoms with Crippen molar-refractivity contribution < 1.29 is 14.6 Å². The Kier molecular flexibility index (Phi) is 4.66. The first-order valence-electron chi connectivity index (χ1n) is 10.9. The molecular formula is C29H18N2O3. The van der Waals surface area contributed by atoms with Crippen LogP contribution in [-0.2, 0) is 0 Å². The summed E-state index contributed by atoms with van der Waals surface area (Å²) in [6.45, 7) is 0. The molecule has 0 aliphatic carbocycles. The minimum absolute atomic E-state index is 0.176. The van der Waals surface area contributed by atoms with Gasteiger partial charge in [0.1, 0.15) is 11.5 Å². The smallest absolute Gasteiger partial charge is 0.344 e. The van der Waals surface area contributed by atoms with E-state index in [0.717, 1.165) is 32.3 Å². The number of rotatable bonds is 4. The first-order chi connectivity index (χ1) is 16.7. The molecule has 6 aromatic rings. The number of benzene rings is 6. The van der Waals surface area contributed by atoms with E-state index in [1.807, 2.05) is 24.3 Å². The molecule has 0 spiro atoms. The fourth-order valence-electron chi connectivity index (χ4n) is 4.29. The molecule has 0 aliphatic rings. The zero-order valence-electron chi connectivity index (χ0n) is 18.0. The fourth-order valence-corrected chi connectivity index (χ4v) is 4.29. The van der Waals surface area contributed by atoms with Crippen LogP contribution in [0.3, 0.4) is 0 Å². The standard InChI is InChI=1S/C29H18N2O3/c32-23-12-8-21(9-13-23)30-31-22-10-14-24(15-11-22)34-29(33)26-17-7-20-5-4-18-2-1-3-19-6-16-25(26)28(20)27(18)19/h1-17,32H. The van der Waals surface area contributed by atoms with E-state index < -0.39 is 5.97 Å². The highest BCUT2D eigenvalue weighted by atomic mass is 16.5. The number of hydrogen-bond acceptors (Lipinski definition) is 5. The third-order valence-electron chi connectivity index (χ3n) is 5.93. The van der Waals surface area contributed by atoms with Crippen LogP contribution in [0, 0.1) is 0 Å². The summed E-state index contributed by atoms with van der Waals surface area (Å²) in [6, 6.07) is 31.6. The van der Waals surface area contributed by atoms with Crippen molar-refractivity contribution in [1.29, 1.82) is 0 Å². The Bertz CT molecular complexity index is 1670. The number of phenols is 1. The molecule has 0 aliphatic heterocycles. The van der Waals surface area contributed by atoms with Crippen molar-refractivity contribution in [3.8, 4) is 11.5 Å². The average Bonchev–Trinajstić information content (AvgIpc) is 2.87. The minimum atomic E-state index is -0.406. The molecule has 0 saturated heterocycles. The predicted molar refractivity (Wildman–Crippen MR) is 134 cm³/mol. The molecule has 0 heterocycles. The Morgan fingerprint density at radius 2 is 1.18 bits per heavy atom. The quantitative estimate of drug-likeness (QED) is 0.130. The van der Waals surface area contributed by atoms with Crippen molar-refractivity contribution in [2.24, 2.45) is 10.2 Å². The van der Waals surface area contributed by atoms with Gasteiger partial charge in [0, 0.05) is 0 Å². The summed E-state index contributed by atoms with van der Waals surface area (Å²) in [5, 5.41) is 24.2. The fraction of sp³-hybridized carbons (Fsp3) is 0. The maximum Gasteiger partial charge on any atom is 0.344 e. The second kappa shape index (κ2) is 7.98. The number of azo groups is 1. The SMILES string of the molecule is O=C(Oc1ccc(N=Nc2ccc(O)cc2)cc1)c1ccc2ccc3cccc4ccc1c2c34. The summed E-state index contributed by atoms with van der Waals surface area (Å²) in [4.78, 5) is 13.1. The molecular weight excluding hydrogens is 424 g/mol. The molecule has 0 amide bonds. The van der Waals surface area contributed by atoms with Gasteiger partial charge in [-0.25, -0.2) is 4.79 Å². The predicted octanol–water partition coefficient (Wildman–Crippen LogP) is 7.92. The lowest BCUT2D eigenvalue weighted by atomic mass is 9.92. The zero-order chi connectivity index (χ0) is 23.1. The van der Waals surface area contributed by atoms with Crippen LogP contribution in [0.1, 0.15) is 10.4 Å². The van der Waals surface area contributed by atoms with Gasteiger partial charge in [-0.2, -0.15) is 10.2 Å². The van der Waals surface area contributed by atoms with E-state index in [9.17, 15) is 9.90 Å². The van der Waals surface area contributed by atoms with Crippen LogP contribution >= 0.6 is 0 Å². The summed E-state index contributed by atoms with van der Waals surface area (Å²) in [5.41, 5.74) is 1.78. The molecule has 0 saturated carbocycles. The minimum Gasteiger partial charge on any atom is -0.508 e. The lowest BCUT2D eigenvalue weighted by molar-refractivity contribution is 0.0737. The van der Waals surface area contributed by atoms with Gasteiger partial charge in [0.25, 0.3) is 0 Å². The van der Waals surface area contributed by atoms with Crippen LogP contribution in [0.15, 0.2) is 113 Å². The van der Waals surface area contributed by atoms with E-state index in [1.165, 1.54) is 0 Å². The Morgan fingerprint density at radius 3 is 1.85 bits per heavy atom. The summed E-state index contributed by atoms with van der Waals surface area (Å²) >= 11 is 0. The molecule has 0 aromatic heterocycles. The van der Waals surface area contributed by atoms with E-state index in [1.54, 1.807) is 48.5 Å². The van der Waals surface area contributed by atoms with E-state index in [0.29, 0.717) is 22.7 Å². The first kappa shape index (κ1) is 19.9. The second-order valence-electron chi connectivity index (χ2n) is 8.07. The van der Waals surface area contributed by atoms with Crippen LogP contribution in [0.25, 0.3) is 32.3 Å². The molecule has 0 unspecified atom stereocenters. The molecule has 6 aromatic carbocycles. The third kappa shape index (κ3) is 3.49.